The van der Waals surface area contributed by atoms with Gasteiger partial charge in [0.25, 0.3) is 0 Å². The molecule has 3 saturated heterocycles. The van der Waals surface area contributed by atoms with Crippen molar-refractivity contribution in [3.8, 4) is 5.88 Å². The topological polar surface area (TPSA) is 59.0 Å². The van der Waals surface area contributed by atoms with Crippen LogP contribution in [-0.4, -0.2) is 54.3 Å². The van der Waals surface area contributed by atoms with E-state index in [4.69, 9.17) is 9.47 Å². The maximum absolute atomic E-state index is 6.17. The third-order valence-corrected chi connectivity index (χ3v) is 6.83. The summed E-state index contributed by atoms with van der Waals surface area (Å²) >= 11 is 0. The lowest BCUT2D eigenvalue weighted by atomic mass is 9.82. The van der Waals surface area contributed by atoms with Crippen molar-refractivity contribution in [2.45, 2.75) is 63.4 Å². The summed E-state index contributed by atoms with van der Waals surface area (Å²) in [5, 5.41) is 3.55. The molecule has 1 aliphatic carbocycles. The van der Waals surface area contributed by atoms with E-state index in [1.54, 1.807) is 0 Å². The van der Waals surface area contributed by atoms with E-state index in [1.807, 2.05) is 19.3 Å². The number of likely N-dealkylation sites (tertiary alicyclic amines) is 1. The van der Waals surface area contributed by atoms with Gasteiger partial charge in [-0.05, 0) is 44.6 Å². The third kappa shape index (κ3) is 3.84. The van der Waals surface area contributed by atoms with Gasteiger partial charge < -0.3 is 19.7 Å². The first-order valence-corrected chi connectivity index (χ1v) is 10.5. The fourth-order valence-corrected chi connectivity index (χ4v) is 5.47. The highest BCUT2D eigenvalue weighted by Gasteiger charge is 2.53. The number of guanidine groups is 1. The van der Waals surface area contributed by atoms with Gasteiger partial charge in [-0.3, -0.25) is 4.99 Å². The van der Waals surface area contributed by atoms with Crippen molar-refractivity contribution in [3.63, 3.8) is 0 Å². The molecule has 1 aromatic heterocycles. The smallest absolute Gasteiger partial charge is 0.218 e. The Morgan fingerprint density at radius 3 is 2.61 bits per heavy atom. The van der Waals surface area contributed by atoms with Crippen LogP contribution in [0.25, 0.3) is 0 Å². The molecule has 0 spiro atoms. The molecular formula is C21H31IN4O2. The first-order chi connectivity index (χ1) is 13.3. The molecular weight excluding hydrogens is 467 g/mol. The van der Waals surface area contributed by atoms with E-state index < -0.39 is 0 Å². The number of nitrogens with zero attached hydrogens (tertiary/aromatic N) is 3. The van der Waals surface area contributed by atoms with Gasteiger partial charge >= 0.3 is 0 Å². The molecule has 4 fully saturated rings. The zero-order valence-corrected chi connectivity index (χ0v) is 18.9. The third-order valence-electron chi connectivity index (χ3n) is 6.83. The molecule has 1 N–H and O–H groups in total. The van der Waals surface area contributed by atoms with Gasteiger partial charge in [-0.1, -0.05) is 6.07 Å². The van der Waals surface area contributed by atoms with Crippen molar-refractivity contribution >= 4 is 29.9 Å². The molecule has 0 radical (unpaired) electrons. The Labute approximate surface area is 184 Å². The molecule has 0 aromatic carbocycles. The number of nitrogens with one attached hydrogen (secondary N) is 1. The summed E-state index contributed by atoms with van der Waals surface area (Å²) in [5.74, 6) is 3.13. The normalized spacial score (nSPS) is 31.8. The van der Waals surface area contributed by atoms with Crippen LogP contribution in [0.2, 0.25) is 0 Å². The molecule has 28 heavy (non-hydrogen) atoms. The highest BCUT2D eigenvalue weighted by molar-refractivity contribution is 14.0. The molecule has 5 rings (SSSR count). The van der Waals surface area contributed by atoms with Gasteiger partial charge in [-0.2, -0.15) is 0 Å². The molecule has 0 amide bonds. The van der Waals surface area contributed by atoms with Crippen LogP contribution in [0.4, 0.5) is 0 Å². The maximum Gasteiger partial charge on any atom is 0.218 e. The first-order valence-electron chi connectivity index (χ1n) is 10.5. The minimum Gasteiger partial charge on any atom is -0.474 e. The Balaban J connectivity index is 0.00000192. The number of fused-ring (bicyclic) bond motifs is 5. The van der Waals surface area contributed by atoms with E-state index in [-0.39, 0.29) is 24.0 Å². The van der Waals surface area contributed by atoms with Gasteiger partial charge in [0.15, 0.2) is 5.96 Å². The molecule has 1 saturated carbocycles. The van der Waals surface area contributed by atoms with Gasteiger partial charge in [0.05, 0.1) is 12.2 Å². The van der Waals surface area contributed by atoms with Crippen LogP contribution in [0.1, 0.15) is 44.1 Å². The Kier molecular flexibility index (Phi) is 6.30. The molecule has 4 heterocycles. The summed E-state index contributed by atoms with van der Waals surface area (Å²) in [6, 6.07) is 4.08. The fraction of sp³-hybridized carbons (Fsp3) is 0.714. The number of rotatable bonds is 4. The second-order valence-electron chi connectivity index (χ2n) is 8.42. The molecule has 6 nitrogen and oxygen atoms in total. The van der Waals surface area contributed by atoms with E-state index in [1.165, 1.54) is 25.7 Å². The standard InChI is InChI=1S/C21H30N4O2.HI/c1-22-21(25-12-16-17(13-25)19-9-8-18(16)27-19)24-11-14-5-4-10-23-20(14)26-15-6-2-3-7-15;/h4-5,10,15-19H,2-3,6-9,11-13H2,1H3,(H,22,24);1H. The van der Waals surface area contributed by atoms with Crippen molar-refractivity contribution in [2.75, 3.05) is 20.1 Å². The highest BCUT2D eigenvalue weighted by Crippen LogP contribution is 2.47. The van der Waals surface area contributed by atoms with Crippen molar-refractivity contribution < 1.29 is 9.47 Å². The van der Waals surface area contributed by atoms with Crippen LogP contribution < -0.4 is 10.1 Å². The predicted octanol–water partition coefficient (Wildman–Crippen LogP) is 3.21. The van der Waals surface area contributed by atoms with Crippen molar-refractivity contribution in [1.82, 2.24) is 15.2 Å². The summed E-state index contributed by atoms with van der Waals surface area (Å²) in [6.45, 7) is 2.81. The average Bonchev–Trinajstić information content (AvgIpc) is 3.46. The van der Waals surface area contributed by atoms with E-state index in [0.717, 1.165) is 43.3 Å². The van der Waals surface area contributed by atoms with Gasteiger partial charge in [0, 0.05) is 50.3 Å². The Hall–Kier alpha value is -1.09. The van der Waals surface area contributed by atoms with Gasteiger partial charge in [0.2, 0.25) is 5.88 Å². The first kappa shape index (κ1) is 20.2. The Morgan fingerprint density at radius 1 is 1.21 bits per heavy atom. The van der Waals surface area contributed by atoms with Crippen LogP contribution in [0.15, 0.2) is 23.3 Å². The zero-order chi connectivity index (χ0) is 18.2. The number of aromatic nitrogens is 1. The summed E-state index contributed by atoms with van der Waals surface area (Å²) in [6.07, 6.45) is 10.4. The molecule has 2 bridgehead atoms. The van der Waals surface area contributed by atoms with E-state index in [0.29, 0.717) is 36.7 Å². The number of halogens is 1. The molecule has 4 aliphatic rings. The summed E-state index contributed by atoms with van der Waals surface area (Å²) in [5.41, 5.74) is 1.10. The van der Waals surface area contributed by atoms with Crippen LogP contribution in [0.5, 0.6) is 5.88 Å². The van der Waals surface area contributed by atoms with Gasteiger partial charge in [-0.15, -0.1) is 24.0 Å². The Bertz CT molecular complexity index is 691. The SMILES string of the molecule is CN=C(NCc1cccnc1OC1CCCC1)N1CC2C3CCC(O3)C2C1.I. The molecule has 1 aromatic rings. The van der Waals surface area contributed by atoms with Crippen molar-refractivity contribution in [2.24, 2.45) is 16.8 Å². The van der Waals surface area contributed by atoms with Crippen molar-refractivity contribution in [1.29, 1.82) is 0 Å². The number of hydrogen-bond donors (Lipinski definition) is 1. The zero-order valence-electron chi connectivity index (χ0n) is 16.5. The lowest BCUT2D eigenvalue weighted by molar-refractivity contribution is 0.0767. The molecule has 3 aliphatic heterocycles. The second kappa shape index (κ2) is 8.73. The highest BCUT2D eigenvalue weighted by atomic mass is 127. The minimum atomic E-state index is 0. The van der Waals surface area contributed by atoms with Crippen LogP contribution >= 0.6 is 24.0 Å². The molecule has 7 heteroatoms. The van der Waals surface area contributed by atoms with Gasteiger partial charge in [0.1, 0.15) is 6.10 Å². The van der Waals surface area contributed by atoms with Crippen LogP contribution in [-0.2, 0) is 11.3 Å². The van der Waals surface area contributed by atoms with Gasteiger partial charge in [-0.25, -0.2) is 4.98 Å². The molecule has 4 unspecified atom stereocenters. The van der Waals surface area contributed by atoms with E-state index in [9.17, 15) is 0 Å². The number of aliphatic imine (C=N–C) groups is 1. The van der Waals surface area contributed by atoms with Crippen LogP contribution in [0, 0.1) is 11.8 Å². The summed E-state index contributed by atoms with van der Waals surface area (Å²) in [4.78, 5) is 11.4. The number of ether oxygens (including phenoxy) is 2. The monoisotopic (exact) mass is 498 g/mol. The quantitative estimate of drug-likeness (QED) is 0.393. The predicted molar refractivity (Wildman–Crippen MR) is 119 cm³/mol. The lowest BCUT2D eigenvalue weighted by Crippen LogP contribution is -2.41. The Morgan fingerprint density at radius 2 is 1.93 bits per heavy atom. The average molecular weight is 498 g/mol. The largest absolute Gasteiger partial charge is 0.474 e. The minimum absolute atomic E-state index is 0. The van der Waals surface area contributed by atoms with Crippen molar-refractivity contribution in [3.05, 3.63) is 23.9 Å². The summed E-state index contributed by atoms with van der Waals surface area (Å²) in [7, 11) is 1.88. The number of hydrogen-bond acceptors (Lipinski definition) is 4. The molecule has 154 valence electrons. The second-order valence-corrected chi connectivity index (χ2v) is 8.42. The van der Waals surface area contributed by atoms with E-state index >= 15 is 0 Å². The molecule has 4 atom stereocenters. The van der Waals surface area contributed by atoms with Crippen LogP contribution in [0.3, 0.4) is 0 Å². The summed E-state index contributed by atoms with van der Waals surface area (Å²) < 4.78 is 12.3. The lowest BCUT2D eigenvalue weighted by Gasteiger charge is -2.24. The number of pyridine rings is 1. The van der Waals surface area contributed by atoms with E-state index in [2.05, 4.69) is 26.3 Å². The maximum atomic E-state index is 6.17. The fourth-order valence-electron chi connectivity index (χ4n) is 5.47.